The standard InChI is InChI=1S/C12H17N3O3/c1-15(9-3-4-9)5-6-18-11-8-13-10(7-14-11)12(16)17-2/h7-9H,3-6H2,1-2H3. The van der Waals surface area contributed by atoms with Gasteiger partial charge in [0.15, 0.2) is 5.69 Å². The van der Waals surface area contributed by atoms with Gasteiger partial charge in [-0.05, 0) is 19.9 Å². The van der Waals surface area contributed by atoms with E-state index in [1.807, 2.05) is 0 Å². The Hall–Kier alpha value is -1.69. The molecule has 0 spiro atoms. The molecule has 1 aliphatic carbocycles. The van der Waals surface area contributed by atoms with Crippen molar-refractivity contribution in [3.8, 4) is 5.88 Å². The molecule has 18 heavy (non-hydrogen) atoms. The Kier molecular flexibility index (Phi) is 4.09. The number of esters is 1. The van der Waals surface area contributed by atoms with Crippen LogP contribution in [0.4, 0.5) is 0 Å². The molecule has 0 aromatic carbocycles. The third-order valence-electron chi connectivity index (χ3n) is 2.89. The third-order valence-corrected chi connectivity index (χ3v) is 2.89. The van der Waals surface area contributed by atoms with Crippen molar-refractivity contribution in [2.75, 3.05) is 27.3 Å². The maximum atomic E-state index is 11.1. The Morgan fingerprint density at radius 2 is 2.22 bits per heavy atom. The fraction of sp³-hybridized carbons (Fsp3) is 0.583. The second kappa shape index (κ2) is 5.77. The van der Waals surface area contributed by atoms with Crippen LogP contribution in [0.25, 0.3) is 0 Å². The van der Waals surface area contributed by atoms with Crippen molar-refractivity contribution in [3.63, 3.8) is 0 Å². The lowest BCUT2D eigenvalue weighted by Gasteiger charge is -2.15. The molecule has 1 fully saturated rings. The fourth-order valence-electron chi connectivity index (χ4n) is 1.59. The number of hydrogen-bond donors (Lipinski definition) is 0. The maximum Gasteiger partial charge on any atom is 0.358 e. The van der Waals surface area contributed by atoms with E-state index in [1.54, 1.807) is 0 Å². The summed E-state index contributed by atoms with van der Waals surface area (Å²) in [4.78, 5) is 21.3. The van der Waals surface area contributed by atoms with Gasteiger partial charge >= 0.3 is 5.97 Å². The molecule has 1 saturated carbocycles. The van der Waals surface area contributed by atoms with Gasteiger partial charge in [-0.15, -0.1) is 0 Å². The number of hydrogen-bond acceptors (Lipinski definition) is 6. The van der Waals surface area contributed by atoms with Crippen molar-refractivity contribution in [2.45, 2.75) is 18.9 Å². The molecular weight excluding hydrogens is 234 g/mol. The number of aromatic nitrogens is 2. The molecule has 6 nitrogen and oxygen atoms in total. The molecule has 0 unspecified atom stereocenters. The molecule has 1 aromatic heterocycles. The summed E-state index contributed by atoms with van der Waals surface area (Å²) in [5.41, 5.74) is 0.181. The van der Waals surface area contributed by atoms with Crippen LogP contribution in [0.5, 0.6) is 5.88 Å². The van der Waals surface area contributed by atoms with Crippen LogP contribution >= 0.6 is 0 Å². The van der Waals surface area contributed by atoms with Gasteiger partial charge < -0.3 is 14.4 Å². The first-order valence-electron chi connectivity index (χ1n) is 5.94. The molecule has 0 amide bonds. The molecular formula is C12H17N3O3. The Morgan fingerprint density at radius 1 is 1.44 bits per heavy atom. The van der Waals surface area contributed by atoms with Crippen molar-refractivity contribution in [2.24, 2.45) is 0 Å². The minimum Gasteiger partial charge on any atom is -0.475 e. The zero-order valence-electron chi connectivity index (χ0n) is 10.6. The van der Waals surface area contributed by atoms with Crippen LogP contribution in [0.1, 0.15) is 23.3 Å². The molecule has 6 heteroatoms. The fourth-order valence-corrected chi connectivity index (χ4v) is 1.59. The highest BCUT2D eigenvalue weighted by atomic mass is 16.5. The van der Waals surface area contributed by atoms with E-state index in [0.29, 0.717) is 12.5 Å². The minimum atomic E-state index is -0.498. The largest absolute Gasteiger partial charge is 0.475 e. The van der Waals surface area contributed by atoms with E-state index in [1.165, 1.54) is 32.3 Å². The molecule has 0 aliphatic heterocycles. The zero-order valence-corrected chi connectivity index (χ0v) is 10.6. The van der Waals surface area contributed by atoms with E-state index >= 15 is 0 Å². The number of carbonyl (C=O) groups excluding carboxylic acids is 1. The monoisotopic (exact) mass is 251 g/mol. The van der Waals surface area contributed by atoms with Crippen LogP contribution in [0, 0.1) is 0 Å². The number of rotatable bonds is 6. The van der Waals surface area contributed by atoms with Gasteiger partial charge in [-0.2, -0.15) is 0 Å². The number of likely N-dealkylation sites (N-methyl/N-ethyl adjacent to an activating group) is 1. The second-order valence-electron chi connectivity index (χ2n) is 4.29. The predicted octanol–water partition coefficient (Wildman–Crippen LogP) is 0.736. The van der Waals surface area contributed by atoms with Crippen LogP contribution in [-0.4, -0.2) is 54.2 Å². The van der Waals surface area contributed by atoms with Gasteiger partial charge in [-0.1, -0.05) is 0 Å². The van der Waals surface area contributed by atoms with Crippen LogP contribution < -0.4 is 4.74 Å². The summed E-state index contributed by atoms with van der Waals surface area (Å²) in [5.74, 6) is -0.0747. The second-order valence-corrected chi connectivity index (χ2v) is 4.29. The summed E-state index contributed by atoms with van der Waals surface area (Å²) in [5, 5.41) is 0. The number of nitrogens with zero attached hydrogens (tertiary/aromatic N) is 3. The van der Waals surface area contributed by atoms with Crippen LogP contribution in [-0.2, 0) is 4.74 Å². The molecule has 1 heterocycles. The number of ether oxygens (including phenoxy) is 2. The summed E-state index contributed by atoms with van der Waals surface area (Å²) in [7, 11) is 3.40. The highest BCUT2D eigenvalue weighted by Crippen LogP contribution is 2.24. The molecule has 2 rings (SSSR count). The van der Waals surface area contributed by atoms with Gasteiger partial charge in [0.25, 0.3) is 0 Å². The number of methoxy groups -OCH3 is 1. The van der Waals surface area contributed by atoms with Gasteiger partial charge in [-0.3, -0.25) is 0 Å². The van der Waals surface area contributed by atoms with Gasteiger partial charge in [0.05, 0.1) is 19.5 Å². The highest BCUT2D eigenvalue weighted by Gasteiger charge is 2.25. The SMILES string of the molecule is COC(=O)c1cnc(OCCN(C)C2CC2)cn1. The Labute approximate surface area is 106 Å². The molecule has 0 radical (unpaired) electrons. The molecule has 0 atom stereocenters. The summed E-state index contributed by atoms with van der Waals surface area (Å²) >= 11 is 0. The normalized spacial score (nSPS) is 14.6. The van der Waals surface area contributed by atoms with Crippen LogP contribution in [0.2, 0.25) is 0 Å². The summed E-state index contributed by atoms with van der Waals surface area (Å²) in [6.07, 6.45) is 5.35. The van der Waals surface area contributed by atoms with Crippen molar-refractivity contribution in [1.82, 2.24) is 14.9 Å². The first-order valence-corrected chi connectivity index (χ1v) is 5.94. The van der Waals surface area contributed by atoms with Crippen LogP contribution in [0.3, 0.4) is 0 Å². The van der Waals surface area contributed by atoms with Crippen molar-refractivity contribution < 1.29 is 14.3 Å². The molecule has 0 bridgehead atoms. The van der Waals surface area contributed by atoms with Gasteiger partial charge in [0, 0.05) is 12.6 Å². The minimum absolute atomic E-state index is 0.181. The molecule has 98 valence electrons. The Balaban J connectivity index is 1.77. The van der Waals surface area contributed by atoms with E-state index in [4.69, 9.17) is 4.74 Å². The Morgan fingerprint density at radius 3 is 2.78 bits per heavy atom. The molecule has 0 saturated heterocycles. The zero-order chi connectivity index (χ0) is 13.0. The summed E-state index contributed by atoms with van der Waals surface area (Å²) in [6.45, 7) is 1.43. The van der Waals surface area contributed by atoms with Gasteiger partial charge in [-0.25, -0.2) is 14.8 Å². The summed E-state index contributed by atoms with van der Waals surface area (Å²) < 4.78 is 9.99. The topological polar surface area (TPSA) is 64.6 Å². The van der Waals surface area contributed by atoms with Crippen LogP contribution in [0.15, 0.2) is 12.4 Å². The van der Waals surface area contributed by atoms with Gasteiger partial charge in [0.1, 0.15) is 6.61 Å². The molecule has 1 aromatic rings. The average Bonchev–Trinajstić information content (AvgIpc) is 3.23. The lowest BCUT2D eigenvalue weighted by atomic mass is 10.4. The smallest absolute Gasteiger partial charge is 0.358 e. The first-order chi connectivity index (χ1) is 8.70. The van der Waals surface area contributed by atoms with E-state index < -0.39 is 5.97 Å². The maximum absolute atomic E-state index is 11.1. The summed E-state index contributed by atoms with van der Waals surface area (Å²) in [6, 6.07) is 0.724. The van der Waals surface area contributed by atoms with Crippen molar-refractivity contribution >= 4 is 5.97 Å². The van der Waals surface area contributed by atoms with Crippen molar-refractivity contribution in [1.29, 1.82) is 0 Å². The van der Waals surface area contributed by atoms with E-state index in [0.717, 1.165) is 12.6 Å². The van der Waals surface area contributed by atoms with E-state index in [2.05, 4.69) is 26.7 Å². The van der Waals surface area contributed by atoms with Gasteiger partial charge in [0.2, 0.25) is 5.88 Å². The molecule has 1 aliphatic rings. The Bertz CT molecular complexity index is 404. The molecule has 0 N–H and O–H groups in total. The van der Waals surface area contributed by atoms with Crippen molar-refractivity contribution in [3.05, 3.63) is 18.1 Å². The lowest BCUT2D eigenvalue weighted by Crippen LogP contribution is -2.26. The highest BCUT2D eigenvalue weighted by molar-refractivity contribution is 5.86. The predicted molar refractivity (Wildman–Crippen MR) is 64.5 cm³/mol. The lowest BCUT2D eigenvalue weighted by molar-refractivity contribution is 0.0593. The average molecular weight is 251 g/mol. The third kappa shape index (κ3) is 3.40. The van der Waals surface area contributed by atoms with E-state index in [9.17, 15) is 4.79 Å². The van der Waals surface area contributed by atoms with E-state index in [-0.39, 0.29) is 5.69 Å². The number of carbonyl (C=O) groups is 1. The first kappa shape index (κ1) is 12.8. The quantitative estimate of drug-likeness (QED) is 0.695.